The number of nitrogens with zero attached hydrogens (tertiary/aromatic N) is 8. The number of rotatable bonds is 6. The SMILES string of the molecule is COc1cc2ncn(-c3ccc(C(C)O)c(-n4nc(C#N)cc4C)n3)c2cc1Nc1ccc(C)nn1. The van der Waals surface area contributed by atoms with Crippen LogP contribution in [0, 0.1) is 25.2 Å². The number of aryl methyl sites for hydroxylation is 2. The Morgan fingerprint density at radius 1 is 1.11 bits per heavy atom. The van der Waals surface area contributed by atoms with E-state index in [0.29, 0.717) is 40.0 Å². The summed E-state index contributed by atoms with van der Waals surface area (Å²) in [7, 11) is 1.59. The average Bonchev–Trinajstić information content (AvgIpc) is 3.47. The summed E-state index contributed by atoms with van der Waals surface area (Å²) in [6.07, 6.45) is 0.885. The molecule has 0 aliphatic heterocycles. The lowest BCUT2D eigenvalue weighted by atomic mass is 10.1. The highest BCUT2D eigenvalue weighted by atomic mass is 16.5. The van der Waals surface area contributed by atoms with Gasteiger partial charge in [0.25, 0.3) is 0 Å². The molecule has 5 aromatic rings. The number of aromatic nitrogens is 7. The first-order valence-corrected chi connectivity index (χ1v) is 11.2. The van der Waals surface area contributed by atoms with E-state index in [1.807, 2.05) is 48.7 Å². The molecule has 4 aromatic heterocycles. The van der Waals surface area contributed by atoms with E-state index in [0.717, 1.165) is 16.9 Å². The van der Waals surface area contributed by atoms with Crippen LogP contribution in [-0.2, 0) is 0 Å². The van der Waals surface area contributed by atoms with Crippen molar-refractivity contribution < 1.29 is 9.84 Å². The molecule has 1 unspecified atom stereocenters. The van der Waals surface area contributed by atoms with Gasteiger partial charge in [0.1, 0.15) is 24.0 Å². The Labute approximate surface area is 206 Å². The number of fused-ring (bicyclic) bond motifs is 1. The number of aliphatic hydroxyl groups excluding tert-OH is 1. The fourth-order valence-electron chi connectivity index (χ4n) is 3.91. The molecule has 0 saturated heterocycles. The Morgan fingerprint density at radius 2 is 1.94 bits per heavy atom. The topological polar surface area (TPSA) is 140 Å². The fourth-order valence-corrected chi connectivity index (χ4v) is 3.91. The third kappa shape index (κ3) is 4.10. The van der Waals surface area contributed by atoms with Gasteiger partial charge in [0, 0.05) is 17.3 Å². The van der Waals surface area contributed by atoms with Crippen molar-refractivity contribution in [3.05, 3.63) is 71.4 Å². The lowest BCUT2D eigenvalue weighted by molar-refractivity contribution is 0.198. The first-order chi connectivity index (χ1) is 17.4. The van der Waals surface area contributed by atoms with Gasteiger partial charge < -0.3 is 15.2 Å². The first-order valence-electron chi connectivity index (χ1n) is 11.2. The number of hydrogen-bond donors (Lipinski definition) is 2. The minimum Gasteiger partial charge on any atom is -0.494 e. The second-order valence-electron chi connectivity index (χ2n) is 8.29. The fraction of sp³-hybridized carbons (Fsp3) is 0.200. The summed E-state index contributed by atoms with van der Waals surface area (Å²) < 4.78 is 8.97. The second kappa shape index (κ2) is 9.09. The number of ether oxygens (including phenoxy) is 1. The second-order valence-corrected chi connectivity index (χ2v) is 8.29. The lowest BCUT2D eigenvalue weighted by Gasteiger charge is -2.15. The van der Waals surface area contributed by atoms with Gasteiger partial charge >= 0.3 is 0 Å². The number of pyridine rings is 1. The van der Waals surface area contributed by atoms with E-state index in [1.165, 1.54) is 0 Å². The molecule has 0 spiro atoms. The van der Waals surface area contributed by atoms with Crippen LogP contribution >= 0.6 is 0 Å². The van der Waals surface area contributed by atoms with Crippen molar-refractivity contribution in [1.29, 1.82) is 5.26 Å². The molecule has 0 fully saturated rings. The summed E-state index contributed by atoms with van der Waals surface area (Å²) in [5.74, 6) is 2.18. The van der Waals surface area contributed by atoms with Gasteiger partial charge in [-0.25, -0.2) is 14.6 Å². The highest BCUT2D eigenvalue weighted by Gasteiger charge is 2.18. The van der Waals surface area contributed by atoms with Crippen molar-refractivity contribution in [3.8, 4) is 23.5 Å². The minimum atomic E-state index is -0.786. The lowest BCUT2D eigenvalue weighted by Crippen LogP contribution is -2.11. The molecule has 1 atom stereocenters. The van der Waals surface area contributed by atoms with E-state index in [9.17, 15) is 10.4 Å². The van der Waals surface area contributed by atoms with E-state index >= 15 is 0 Å². The molecule has 0 aliphatic carbocycles. The van der Waals surface area contributed by atoms with Gasteiger partial charge in [0.05, 0.1) is 35.6 Å². The van der Waals surface area contributed by atoms with Crippen LogP contribution in [0.3, 0.4) is 0 Å². The Kier molecular flexibility index (Phi) is 5.79. The van der Waals surface area contributed by atoms with Crippen molar-refractivity contribution in [3.63, 3.8) is 0 Å². The minimum absolute atomic E-state index is 0.270. The van der Waals surface area contributed by atoms with Crippen molar-refractivity contribution in [2.45, 2.75) is 26.9 Å². The van der Waals surface area contributed by atoms with Gasteiger partial charge in [0.2, 0.25) is 0 Å². The molecule has 0 saturated carbocycles. The van der Waals surface area contributed by atoms with Gasteiger partial charge in [0.15, 0.2) is 17.3 Å². The zero-order valence-electron chi connectivity index (χ0n) is 20.1. The molecule has 0 amide bonds. The largest absolute Gasteiger partial charge is 0.494 e. The van der Waals surface area contributed by atoms with Gasteiger partial charge in [-0.05, 0) is 57.2 Å². The maximum Gasteiger partial charge on any atom is 0.163 e. The van der Waals surface area contributed by atoms with E-state index < -0.39 is 6.10 Å². The monoisotopic (exact) mass is 481 g/mol. The summed E-state index contributed by atoms with van der Waals surface area (Å²) >= 11 is 0. The normalized spacial score (nSPS) is 11.9. The summed E-state index contributed by atoms with van der Waals surface area (Å²) in [4.78, 5) is 9.34. The Bertz CT molecular complexity index is 1610. The highest BCUT2D eigenvalue weighted by Crippen LogP contribution is 2.33. The zero-order chi connectivity index (χ0) is 25.4. The molecule has 1 aromatic carbocycles. The predicted octanol–water partition coefficient (Wildman–Crippen LogP) is 3.69. The maximum absolute atomic E-state index is 10.4. The Balaban J connectivity index is 1.64. The number of nitrogens with one attached hydrogen (secondary N) is 1. The third-order valence-electron chi connectivity index (χ3n) is 5.72. The highest BCUT2D eigenvalue weighted by molar-refractivity contribution is 5.86. The van der Waals surface area contributed by atoms with Crippen LogP contribution in [0.5, 0.6) is 5.75 Å². The van der Waals surface area contributed by atoms with E-state index in [2.05, 4.69) is 25.6 Å². The molecular formula is C25H23N9O2. The van der Waals surface area contributed by atoms with Crippen LogP contribution in [0.15, 0.2) is 48.8 Å². The number of nitriles is 1. The smallest absolute Gasteiger partial charge is 0.163 e. The van der Waals surface area contributed by atoms with Crippen LogP contribution < -0.4 is 10.1 Å². The van der Waals surface area contributed by atoms with Gasteiger partial charge in [-0.15, -0.1) is 5.10 Å². The van der Waals surface area contributed by atoms with Crippen LogP contribution in [0.25, 0.3) is 22.7 Å². The summed E-state index contributed by atoms with van der Waals surface area (Å²) in [6.45, 7) is 5.37. The molecule has 4 heterocycles. The molecule has 11 nitrogen and oxygen atoms in total. The Hall–Kier alpha value is -4.82. The summed E-state index contributed by atoms with van der Waals surface area (Å²) in [5, 5.41) is 35.5. The quantitative estimate of drug-likeness (QED) is 0.371. The molecule has 180 valence electrons. The van der Waals surface area contributed by atoms with Crippen molar-refractivity contribution in [2.75, 3.05) is 12.4 Å². The molecule has 36 heavy (non-hydrogen) atoms. The third-order valence-corrected chi connectivity index (χ3v) is 5.72. The van der Waals surface area contributed by atoms with Crippen molar-refractivity contribution in [2.24, 2.45) is 0 Å². The first kappa shape index (κ1) is 22.9. The number of aliphatic hydroxyl groups is 1. The van der Waals surface area contributed by atoms with E-state index in [4.69, 9.17) is 9.72 Å². The van der Waals surface area contributed by atoms with Gasteiger partial charge in [-0.3, -0.25) is 4.57 Å². The summed E-state index contributed by atoms with van der Waals surface area (Å²) in [6, 6.07) is 14.8. The van der Waals surface area contributed by atoms with Gasteiger partial charge in [-0.1, -0.05) is 0 Å². The van der Waals surface area contributed by atoms with Crippen molar-refractivity contribution in [1.82, 2.24) is 34.5 Å². The maximum atomic E-state index is 10.4. The number of anilines is 2. The molecule has 0 aliphatic rings. The summed E-state index contributed by atoms with van der Waals surface area (Å²) in [5.41, 5.74) is 4.57. The van der Waals surface area contributed by atoms with Gasteiger partial charge in [-0.2, -0.15) is 15.5 Å². The molecule has 2 N–H and O–H groups in total. The number of benzene rings is 1. The molecule has 11 heteroatoms. The van der Waals surface area contributed by atoms with Crippen LogP contribution in [-0.4, -0.2) is 46.7 Å². The molecular weight excluding hydrogens is 458 g/mol. The van der Waals surface area contributed by atoms with Crippen LogP contribution in [0.1, 0.15) is 35.7 Å². The number of methoxy groups -OCH3 is 1. The predicted molar refractivity (Wildman–Crippen MR) is 133 cm³/mol. The molecule has 0 radical (unpaired) electrons. The Morgan fingerprint density at radius 3 is 2.61 bits per heavy atom. The zero-order valence-corrected chi connectivity index (χ0v) is 20.1. The number of imidazole rings is 1. The van der Waals surface area contributed by atoms with E-state index in [1.54, 1.807) is 43.2 Å². The molecule has 5 rings (SSSR count). The standard InChI is InChI=1S/C25H23N9O2/c1-14-5-7-23(31-30-14)28-20-10-21-19(11-22(20)36-4)27-13-33(21)24-8-6-18(16(3)35)25(29-24)34-15(2)9-17(12-26)32-34/h5-11,13,16,35H,1-4H3,(H,28,31). The van der Waals surface area contributed by atoms with E-state index in [-0.39, 0.29) is 5.69 Å². The molecule has 0 bridgehead atoms. The van der Waals surface area contributed by atoms with Crippen LogP contribution in [0.4, 0.5) is 11.5 Å². The number of hydrogen-bond acceptors (Lipinski definition) is 9. The van der Waals surface area contributed by atoms with Crippen LogP contribution in [0.2, 0.25) is 0 Å². The van der Waals surface area contributed by atoms with Crippen molar-refractivity contribution >= 4 is 22.5 Å². The average molecular weight is 482 g/mol.